The van der Waals surface area contributed by atoms with Gasteiger partial charge in [0.1, 0.15) is 0 Å². The molecule has 1 aromatic carbocycles. The van der Waals surface area contributed by atoms with Gasteiger partial charge in [-0.3, -0.25) is 4.79 Å². The van der Waals surface area contributed by atoms with Crippen LogP contribution in [0.5, 0.6) is 0 Å². The molecule has 6 heteroatoms. The van der Waals surface area contributed by atoms with Crippen molar-refractivity contribution in [2.24, 2.45) is 5.92 Å². The number of hydrogen-bond acceptors (Lipinski definition) is 2. The van der Waals surface area contributed by atoms with Gasteiger partial charge in [-0.15, -0.1) is 0 Å². The highest BCUT2D eigenvalue weighted by molar-refractivity contribution is 5.78. The molecule has 0 aromatic heterocycles. The number of carbonyl (C=O) groups excluding carboxylic acids is 1. The van der Waals surface area contributed by atoms with Crippen molar-refractivity contribution in [3.63, 3.8) is 0 Å². The maximum Gasteiger partial charge on any atom is 0.416 e. The quantitative estimate of drug-likeness (QED) is 0.931. The Morgan fingerprint density at radius 1 is 1.33 bits per heavy atom. The van der Waals surface area contributed by atoms with E-state index in [1.165, 1.54) is 12.1 Å². The Morgan fingerprint density at radius 3 is 2.52 bits per heavy atom. The van der Waals surface area contributed by atoms with Gasteiger partial charge in [0.05, 0.1) is 11.5 Å². The predicted molar refractivity (Wildman–Crippen MR) is 73.5 cm³/mol. The van der Waals surface area contributed by atoms with E-state index >= 15 is 0 Å². The lowest BCUT2D eigenvalue weighted by atomic mass is 9.98. The predicted octanol–water partition coefficient (Wildman–Crippen LogP) is 2.66. The van der Waals surface area contributed by atoms with Gasteiger partial charge in [-0.1, -0.05) is 12.1 Å². The monoisotopic (exact) mass is 300 g/mol. The fourth-order valence-corrected chi connectivity index (χ4v) is 2.53. The standard InChI is InChI=1S/C15H19F3N2O/c1-20(14(21)12-3-2-8-19-9-12)10-11-4-6-13(7-5-11)15(16,17)18/h4-7,12,19H,2-3,8-10H2,1H3/t12-/m0/s1. The average Bonchev–Trinajstić information content (AvgIpc) is 2.47. The molecule has 0 aliphatic carbocycles. The number of piperidine rings is 1. The maximum atomic E-state index is 12.5. The smallest absolute Gasteiger partial charge is 0.341 e. The molecule has 1 amide bonds. The first kappa shape index (κ1) is 15.8. The Balaban J connectivity index is 1.95. The molecule has 21 heavy (non-hydrogen) atoms. The number of rotatable bonds is 3. The molecular formula is C15H19F3N2O. The molecule has 116 valence electrons. The number of benzene rings is 1. The summed E-state index contributed by atoms with van der Waals surface area (Å²) in [5, 5.41) is 3.19. The van der Waals surface area contributed by atoms with Crippen molar-refractivity contribution in [1.82, 2.24) is 10.2 Å². The minimum Gasteiger partial charge on any atom is -0.341 e. The van der Waals surface area contributed by atoms with E-state index in [4.69, 9.17) is 0 Å². The minimum absolute atomic E-state index is 0.0294. The highest BCUT2D eigenvalue weighted by atomic mass is 19.4. The van der Waals surface area contributed by atoms with Crippen LogP contribution < -0.4 is 5.32 Å². The van der Waals surface area contributed by atoms with Gasteiger partial charge in [-0.05, 0) is 37.1 Å². The summed E-state index contributed by atoms with van der Waals surface area (Å²) in [6.07, 6.45) is -2.48. The largest absolute Gasteiger partial charge is 0.416 e. The second kappa shape index (κ2) is 6.47. The zero-order valence-electron chi connectivity index (χ0n) is 11.9. The third kappa shape index (κ3) is 4.20. The average molecular weight is 300 g/mol. The van der Waals surface area contributed by atoms with Crippen molar-refractivity contribution in [1.29, 1.82) is 0 Å². The Kier molecular flexibility index (Phi) is 4.88. The van der Waals surface area contributed by atoms with Crippen molar-refractivity contribution in [2.75, 3.05) is 20.1 Å². The van der Waals surface area contributed by atoms with E-state index in [-0.39, 0.29) is 11.8 Å². The van der Waals surface area contributed by atoms with Crippen LogP contribution in [0.15, 0.2) is 24.3 Å². The van der Waals surface area contributed by atoms with Crippen LogP contribution in [0.25, 0.3) is 0 Å². The van der Waals surface area contributed by atoms with Gasteiger partial charge in [0.25, 0.3) is 0 Å². The SMILES string of the molecule is CN(Cc1ccc(C(F)(F)F)cc1)C(=O)[C@H]1CCCNC1. The molecule has 1 aliphatic heterocycles. The van der Waals surface area contributed by atoms with E-state index in [0.717, 1.165) is 31.5 Å². The van der Waals surface area contributed by atoms with E-state index in [2.05, 4.69) is 5.32 Å². The summed E-state index contributed by atoms with van der Waals surface area (Å²) in [7, 11) is 1.69. The number of halogens is 3. The van der Waals surface area contributed by atoms with Crippen molar-refractivity contribution < 1.29 is 18.0 Å². The Hall–Kier alpha value is -1.56. The van der Waals surface area contributed by atoms with Crippen LogP contribution in [-0.4, -0.2) is 30.9 Å². The maximum absolute atomic E-state index is 12.5. The van der Waals surface area contributed by atoms with E-state index in [1.54, 1.807) is 11.9 Å². The third-order valence-electron chi connectivity index (χ3n) is 3.72. The van der Waals surface area contributed by atoms with Crippen LogP contribution in [0.2, 0.25) is 0 Å². The number of nitrogens with zero attached hydrogens (tertiary/aromatic N) is 1. The van der Waals surface area contributed by atoms with Crippen molar-refractivity contribution >= 4 is 5.91 Å². The zero-order chi connectivity index (χ0) is 15.5. The molecule has 0 spiro atoms. The summed E-state index contributed by atoms with van der Waals surface area (Å²) in [4.78, 5) is 13.8. The highest BCUT2D eigenvalue weighted by Crippen LogP contribution is 2.29. The molecule has 0 unspecified atom stereocenters. The fourth-order valence-electron chi connectivity index (χ4n) is 2.53. The Labute approximate surface area is 122 Å². The van der Waals surface area contributed by atoms with E-state index in [0.29, 0.717) is 18.7 Å². The molecule has 0 saturated carbocycles. The van der Waals surface area contributed by atoms with Crippen LogP contribution in [0, 0.1) is 5.92 Å². The molecule has 1 fully saturated rings. The van der Waals surface area contributed by atoms with Gasteiger partial charge in [0.2, 0.25) is 5.91 Å². The summed E-state index contributed by atoms with van der Waals surface area (Å²) in [5.74, 6) is 0.0142. The molecule has 0 radical (unpaired) electrons. The summed E-state index contributed by atoms with van der Waals surface area (Å²) in [5.41, 5.74) is 0.0272. The molecule has 3 nitrogen and oxygen atoms in total. The summed E-state index contributed by atoms with van der Waals surface area (Å²) >= 11 is 0. The molecule has 1 aliphatic rings. The molecule has 1 N–H and O–H groups in total. The van der Waals surface area contributed by atoms with Gasteiger partial charge < -0.3 is 10.2 Å². The highest BCUT2D eigenvalue weighted by Gasteiger charge is 2.30. The minimum atomic E-state index is -4.33. The Bertz CT molecular complexity index is 479. The molecule has 1 aromatic rings. The Morgan fingerprint density at radius 2 is 2.00 bits per heavy atom. The third-order valence-corrected chi connectivity index (χ3v) is 3.72. The number of amides is 1. The summed E-state index contributed by atoms with van der Waals surface area (Å²) < 4.78 is 37.4. The number of nitrogens with one attached hydrogen (secondary N) is 1. The van der Waals surface area contributed by atoms with Crippen molar-refractivity contribution in [3.8, 4) is 0 Å². The second-order valence-corrected chi connectivity index (χ2v) is 5.43. The molecule has 1 atom stereocenters. The lowest BCUT2D eigenvalue weighted by Gasteiger charge is -2.27. The second-order valence-electron chi connectivity index (χ2n) is 5.43. The van der Waals surface area contributed by atoms with Crippen LogP contribution in [0.4, 0.5) is 13.2 Å². The van der Waals surface area contributed by atoms with Crippen LogP contribution in [0.1, 0.15) is 24.0 Å². The van der Waals surface area contributed by atoms with E-state index in [1.807, 2.05) is 0 Å². The molecular weight excluding hydrogens is 281 g/mol. The van der Waals surface area contributed by atoms with Gasteiger partial charge in [0.15, 0.2) is 0 Å². The normalized spacial score (nSPS) is 19.3. The lowest BCUT2D eigenvalue weighted by molar-refractivity contribution is -0.138. The molecule has 0 bridgehead atoms. The first-order valence-electron chi connectivity index (χ1n) is 7.00. The number of carbonyl (C=O) groups is 1. The van der Waals surface area contributed by atoms with Gasteiger partial charge in [-0.25, -0.2) is 0 Å². The first-order chi connectivity index (χ1) is 9.88. The van der Waals surface area contributed by atoms with Crippen LogP contribution >= 0.6 is 0 Å². The van der Waals surface area contributed by atoms with Crippen LogP contribution in [0.3, 0.4) is 0 Å². The zero-order valence-corrected chi connectivity index (χ0v) is 11.9. The van der Waals surface area contributed by atoms with Gasteiger partial charge in [0, 0.05) is 20.1 Å². The van der Waals surface area contributed by atoms with E-state index in [9.17, 15) is 18.0 Å². The molecule has 1 saturated heterocycles. The summed E-state index contributed by atoms with van der Waals surface area (Å²) in [6, 6.07) is 4.95. The number of alkyl halides is 3. The first-order valence-corrected chi connectivity index (χ1v) is 7.00. The van der Waals surface area contributed by atoms with Crippen molar-refractivity contribution in [2.45, 2.75) is 25.6 Å². The lowest BCUT2D eigenvalue weighted by Crippen LogP contribution is -2.41. The van der Waals surface area contributed by atoms with E-state index < -0.39 is 11.7 Å². The van der Waals surface area contributed by atoms with Gasteiger partial charge in [-0.2, -0.15) is 13.2 Å². The van der Waals surface area contributed by atoms with Crippen LogP contribution in [-0.2, 0) is 17.5 Å². The fraction of sp³-hybridized carbons (Fsp3) is 0.533. The summed E-state index contributed by atoms with van der Waals surface area (Å²) in [6.45, 7) is 1.94. The topological polar surface area (TPSA) is 32.3 Å². The van der Waals surface area contributed by atoms with Crippen molar-refractivity contribution in [3.05, 3.63) is 35.4 Å². The molecule has 1 heterocycles. The van der Waals surface area contributed by atoms with Gasteiger partial charge >= 0.3 is 6.18 Å². The number of hydrogen-bond donors (Lipinski definition) is 1. The molecule has 2 rings (SSSR count).